The van der Waals surface area contributed by atoms with Gasteiger partial charge in [0.15, 0.2) is 0 Å². The molecule has 0 bridgehead atoms. The van der Waals surface area contributed by atoms with Gasteiger partial charge in [-0.3, -0.25) is 9.59 Å². The minimum atomic E-state index is -0.229. The lowest BCUT2D eigenvalue weighted by Crippen LogP contribution is -2.38. The summed E-state index contributed by atoms with van der Waals surface area (Å²) in [5.41, 5.74) is 0.568. The van der Waals surface area contributed by atoms with Crippen LogP contribution in [0.4, 0.5) is 0 Å². The zero-order valence-corrected chi connectivity index (χ0v) is 12.7. The summed E-state index contributed by atoms with van der Waals surface area (Å²) in [6.45, 7) is 4.67. The van der Waals surface area contributed by atoms with Gasteiger partial charge in [0.25, 0.3) is 5.91 Å². The van der Waals surface area contributed by atoms with Crippen molar-refractivity contribution in [1.29, 1.82) is 0 Å². The Balaban J connectivity index is 2.39. The largest absolute Gasteiger partial charge is 0.354 e. The molecule has 0 aliphatic carbocycles. The van der Waals surface area contributed by atoms with E-state index in [9.17, 15) is 9.59 Å². The topological polar surface area (TPSA) is 58.2 Å². The summed E-state index contributed by atoms with van der Waals surface area (Å²) in [5, 5.41) is 5.34. The van der Waals surface area contributed by atoms with Crippen LogP contribution < -0.4 is 10.6 Å². The second-order valence-corrected chi connectivity index (χ2v) is 5.64. The molecule has 0 fully saturated rings. The molecule has 1 aromatic carbocycles. The summed E-state index contributed by atoms with van der Waals surface area (Å²) >= 11 is 2.14. The van der Waals surface area contributed by atoms with Crippen LogP contribution in [-0.2, 0) is 4.79 Å². The van der Waals surface area contributed by atoms with Crippen LogP contribution in [-0.4, -0.2) is 24.9 Å². The first-order valence-corrected chi connectivity index (χ1v) is 6.87. The van der Waals surface area contributed by atoms with Crippen molar-refractivity contribution < 1.29 is 9.59 Å². The third-order valence-corrected chi connectivity index (χ3v) is 2.87. The maximum atomic E-state index is 11.7. The Kier molecular flexibility index (Phi) is 6.11. The molecule has 0 aliphatic rings. The summed E-state index contributed by atoms with van der Waals surface area (Å²) in [7, 11) is 0. The van der Waals surface area contributed by atoms with E-state index in [0.717, 1.165) is 3.57 Å². The number of carbonyl (C=O) groups excluding carboxylic acids is 2. The normalized spacial score (nSPS) is 10.2. The van der Waals surface area contributed by atoms with Gasteiger partial charge >= 0.3 is 0 Å². The van der Waals surface area contributed by atoms with Crippen molar-refractivity contribution in [3.8, 4) is 0 Å². The highest BCUT2D eigenvalue weighted by Gasteiger charge is 2.08. The molecule has 0 radical (unpaired) electrons. The smallest absolute Gasteiger partial charge is 0.251 e. The molecule has 0 unspecified atom stereocenters. The average molecular weight is 360 g/mol. The van der Waals surface area contributed by atoms with Crippen LogP contribution in [0.5, 0.6) is 0 Å². The quantitative estimate of drug-likeness (QED) is 0.787. The van der Waals surface area contributed by atoms with E-state index in [1.165, 1.54) is 0 Å². The molecule has 4 nitrogen and oxygen atoms in total. The summed E-state index contributed by atoms with van der Waals surface area (Å²) < 4.78 is 0.990. The second-order valence-electron chi connectivity index (χ2n) is 4.39. The third kappa shape index (κ3) is 5.48. The van der Waals surface area contributed by atoms with Crippen molar-refractivity contribution in [2.75, 3.05) is 13.1 Å². The van der Waals surface area contributed by atoms with Crippen LogP contribution in [0.25, 0.3) is 0 Å². The number of benzene rings is 1. The molecule has 0 aliphatic heterocycles. The maximum Gasteiger partial charge on any atom is 0.251 e. The van der Waals surface area contributed by atoms with Crippen LogP contribution in [0.1, 0.15) is 24.2 Å². The molecule has 2 amide bonds. The van der Waals surface area contributed by atoms with Gasteiger partial charge in [0, 0.05) is 15.7 Å². The Morgan fingerprint density at radius 3 is 2.61 bits per heavy atom. The van der Waals surface area contributed by atoms with Crippen molar-refractivity contribution in [3.63, 3.8) is 0 Å². The Morgan fingerprint density at radius 1 is 1.28 bits per heavy atom. The fraction of sp³-hybridized carbons (Fsp3) is 0.385. The molecule has 2 N–H and O–H groups in total. The van der Waals surface area contributed by atoms with Gasteiger partial charge in [-0.2, -0.15) is 0 Å². The van der Waals surface area contributed by atoms with Crippen molar-refractivity contribution in [1.82, 2.24) is 10.6 Å². The minimum absolute atomic E-state index is 0.0109. The number of amides is 2. The van der Waals surface area contributed by atoms with Crippen LogP contribution in [0.15, 0.2) is 24.3 Å². The fourth-order valence-corrected chi connectivity index (χ4v) is 1.82. The second kappa shape index (κ2) is 7.35. The first-order chi connectivity index (χ1) is 8.49. The summed E-state index contributed by atoms with van der Waals surface area (Å²) in [6, 6.07) is 7.23. The lowest BCUT2D eigenvalue weighted by atomic mass is 10.2. The summed E-state index contributed by atoms with van der Waals surface area (Å²) in [4.78, 5) is 23.2. The molecular formula is C13H17IN2O2. The maximum absolute atomic E-state index is 11.7. The van der Waals surface area contributed by atoms with Crippen LogP contribution in [0.2, 0.25) is 0 Å². The van der Waals surface area contributed by atoms with Gasteiger partial charge in [0.2, 0.25) is 5.91 Å². The Bertz CT molecular complexity index is 433. The van der Waals surface area contributed by atoms with Crippen LogP contribution in [0.3, 0.4) is 0 Å². The molecule has 0 spiro atoms. The molecular weight excluding hydrogens is 343 g/mol. The number of carbonyl (C=O) groups is 2. The highest BCUT2D eigenvalue weighted by atomic mass is 127. The van der Waals surface area contributed by atoms with Crippen molar-refractivity contribution in [2.45, 2.75) is 13.8 Å². The van der Waals surface area contributed by atoms with Crippen molar-refractivity contribution >= 4 is 34.4 Å². The SMILES string of the molecule is CC(C)CNC(=O)CNC(=O)c1cccc(I)c1. The minimum Gasteiger partial charge on any atom is -0.354 e. The first-order valence-electron chi connectivity index (χ1n) is 5.79. The third-order valence-electron chi connectivity index (χ3n) is 2.20. The predicted molar refractivity (Wildman–Crippen MR) is 79.3 cm³/mol. The Morgan fingerprint density at radius 2 is 2.00 bits per heavy atom. The van der Waals surface area contributed by atoms with Gasteiger partial charge in [-0.1, -0.05) is 19.9 Å². The van der Waals surface area contributed by atoms with E-state index >= 15 is 0 Å². The Labute approximate surface area is 121 Å². The zero-order chi connectivity index (χ0) is 13.5. The van der Waals surface area contributed by atoms with Gasteiger partial charge in [-0.25, -0.2) is 0 Å². The van der Waals surface area contributed by atoms with E-state index in [1.54, 1.807) is 12.1 Å². The first kappa shape index (κ1) is 14.9. The van der Waals surface area contributed by atoms with Crippen molar-refractivity contribution in [3.05, 3.63) is 33.4 Å². The number of halogens is 1. The van der Waals surface area contributed by atoms with Crippen molar-refractivity contribution in [2.24, 2.45) is 5.92 Å². The highest BCUT2D eigenvalue weighted by Crippen LogP contribution is 2.07. The number of rotatable bonds is 5. The van der Waals surface area contributed by atoms with Gasteiger partial charge in [0.1, 0.15) is 0 Å². The number of hydrogen-bond acceptors (Lipinski definition) is 2. The Hall–Kier alpha value is -1.11. The zero-order valence-electron chi connectivity index (χ0n) is 10.5. The molecule has 0 saturated heterocycles. The fourth-order valence-electron chi connectivity index (χ4n) is 1.27. The molecule has 0 aromatic heterocycles. The van der Waals surface area contributed by atoms with Gasteiger partial charge < -0.3 is 10.6 Å². The monoisotopic (exact) mass is 360 g/mol. The standard InChI is InChI=1S/C13H17IN2O2/c1-9(2)7-15-12(17)8-16-13(18)10-4-3-5-11(14)6-10/h3-6,9H,7-8H2,1-2H3,(H,15,17)(H,16,18). The van der Waals surface area contributed by atoms with Crippen LogP contribution in [0, 0.1) is 9.49 Å². The van der Waals surface area contributed by atoms with Gasteiger partial charge in [-0.05, 0) is 46.7 Å². The van der Waals surface area contributed by atoms with E-state index in [0.29, 0.717) is 18.0 Å². The molecule has 0 heterocycles. The average Bonchev–Trinajstić information content (AvgIpc) is 2.33. The van der Waals surface area contributed by atoms with E-state index < -0.39 is 0 Å². The molecule has 18 heavy (non-hydrogen) atoms. The molecule has 1 rings (SSSR count). The van der Waals surface area contributed by atoms with Gasteiger partial charge in [0.05, 0.1) is 6.54 Å². The molecule has 0 atom stereocenters. The highest BCUT2D eigenvalue weighted by molar-refractivity contribution is 14.1. The number of nitrogens with one attached hydrogen (secondary N) is 2. The van der Waals surface area contributed by atoms with E-state index in [2.05, 4.69) is 33.2 Å². The lowest BCUT2D eigenvalue weighted by molar-refractivity contribution is -0.120. The summed E-state index contributed by atoms with van der Waals surface area (Å²) in [5.74, 6) is 0.0104. The molecule has 0 saturated carbocycles. The predicted octanol–water partition coefficient (Wildman–Crippen LogP) is 1.79. The molecule has 1 aromatic rings. The lowest BCUT2D eigenvalue weighted by Gasteiger charge is -2.08. The number of hydrogen-bond donors (Lipinski definition) is 2. The van der Waals surface area contributed by atoms with E-state index in [4.69, 9.17) is 0 Å². The summed E-state index contributed by atoms with van der Waals surface area (Å²) in [6.07, 6.45) is 0. The molecule has 5 heteroatoms. The van der Waals surface area contributed by atoms with E-state index in [-0.39, 0.29) is 18.4 Å². The van der Waals surface area contributed by atoms with E-state index in [1.807, 2.05) is 26.0 Å². The van der Waals surface area contributed by atoms with Gasteiger partial charge in [-0.15, -0.1) is 0 Å². The molecule has 98 valence electrons. The van der Waals surface area contributed by atoms with Crippen LogP contribution >= 0.6 is 22.6 Å².